The SMILES string of the molecule is C[C@@H]1CCc2c(C(=O)O[C@@H]3CCOC3=O)csc2C1. The zero-order valence-corrected chi connectivity index (χ0v) is 11.6. The molecule has 2 aliphatic rings. The number of carbonyl (C=O) groups excluding carboxylic acids is 2. The third-order valence-electron chi connectivity index (χ3n) is 3.76. The van der Waals surface area contributed by atoms with E-state index in [2.05, 4.69) is 6.92 Å². The van der Waals surface area contributed by atoms with Gasteiger partial charge < -0.3 is 9.47 Å². The van der Waals surface area contributed by atoms with Crippen LogP contribution in [0.25, 0.3) is 0 Å². The standard InChI is InChI=1S/C14H16O4S/c1-8-2-3-9-10(7-19-12(9)6-8)13(15)18-11-4-5-17-14(11)16/h7-8,11H,2-6H2,1H3/t8-,11-/m1/s1. The molecule has 0 amide bonds. The number of cyclic esters (lactones) is 1. The molecule has 1 saturated heterocycles. The smallest absolute Gasteiger partial charge is 0.347 e. The summed E-state index contributed by atoms with van der Waals surface area (Å²) in [5.41, 5.74) is 1.77. The summed E-state index contributed by atoms with van der Waals surface area (Å²) >= 11 is 1.63. The van der Waals surface area contributed by atoms with Gasteiger partial charge in [-0.3, -0.25) is 0 Å². The molecule has 2 atom stereocenters. The van der Waals surface area contributed by atoms with Gasteiger partial charge in [0.1, 0.15) is 0 Å². The minimum absolute atomic E-state index is 0.343. The molecule has 0 bridgehead atoms. The van der Waals surface area contributed by atoms with E-state index in [1.165, 1.54) is 4.88 Å². The second kappa shape index (κ2) is 4.96. The molecule has 0 unspecified atom stereocenters. The Balaban J connectivity index is 1.75. The van der Waals surface area contributed by atoms with Crippen LogP contribution in [-0.4, -0.2) is 24.6 Å². The number of rotatable bonds is 2. The summed E-state index contributed by atoms with van der Waals surface area (Å²) in [4.78, 5) is 24.7. The van der Waals surface area contributed by atoms with E-state index < -0.39 is 12.1 Å². The largest absolute Gasteiger partial charge is 0.463 e. The molecular weight excluding hydrogens is 264 g/mol. The number of hydrogen-bond acceptors (Lipinski definition) is 5. The average molecular weight is 280 g/mol. The first-order valence-electron chi connectivity index (χ1n) is 6.62. The van der Waals surface area contributed by atoms with Crippen LogP contribution < -0.4 is 0 Å². The third kappa shape index (κ3) is 2.39. The molecule has 1 aromatic heterocycles. The van der Waals surface area contributed by atoms with E-state index in [0.29, 0.717) is 24.5 Å². The topological polar surface area (TPSA) is 52.6 Å². The van der Waals surface area contributed by atoms with Crippen molar-refractivity contribution >= 4 is 23.3 Å². The van der Waals surface area contributed by atoms with Crippen molar-refractivity contribution in [3.63, 3.8) is 0 Å². The van der Waals surface area contributed by atoms with Gasteiger partial charge in [0, 0.05) is 16.7 Å². The van der Waals surface area contributed by atoms with Gasteiger partial charge in [-0.15, -0.1) is 11.3 Å². The second-order valence-corrected chi connectivity index (χ2v) is 6.21. The van der Waals surface area contributed by atoms with E-state index in [0.717, 1.165) is 24.8 Å². The maximum Gasteiger partial charge on any atom is 0.347 e. The van der Waals surface area contributed by atoms with E-state index >= 15 is 0 Å². The van der Waals surface area contributed by atoms with Crippen molar-refractivity contribution in [2.24, 2.45) is 5.92 Å². The van der Waals surface area contributed by atoms with Gasteiger partial charge in [0.2, 0.25) is 6.10 Å². The minimum Gasteiger partial charge on any atom is -0.463 e. The van der Waals surface area contributed by atoms with E-state index in [-0.39, 0.29) is 5.97 Å². The van der Waals surface area contributed by atoms with Crippen molar-refractivity contribution < 1.29 is 19.1 Å². The lowest BCUT2D eigenvalue weighted by atomic mass is 9.88. The number of hydrogen-bond donors (Lipinski definition) is 0. The van der Waals surface area contributed by atoms with E-state index in [4.69, 9.17) is 9.47 Å². The molecule has 1 aliphatic carbocycles. The van der Waals surface area contributed by atoms with Crippen LogP contribution in [0.1, 0.15) is 40.6 Å². The highest BCUT2D eigenvalue weighted by molar-refractivity contribution is 7.10. The molecule has 1 aliphatic heterocycles. The average Bonchev–Trinajstić information content (AvgIpc) is 2.96. The lowest BCUT2D eigenvalue weighted by molar-refractivity contribution is -0.145. The van der Waals surface area contributed by atoms with Gasteiger partial charge in [-0.2, -0.15) is 0 Å². The Kier molecular flexibility index (Phi) is 3.31. The van der Waals surface area contributed by atoms with Crippen LogP contribution in [0.3, 0.4) is 0 Å². The minimum atomic E-state index is -0.717. The summed E-state index contributed by atoms with van der Waals surface area (Å²) in [6.07, 6.45) is 2.83. The maximum atomic E-state index is 12.1. The molecule has 0 N–H and O–H groups in total. The van der Waals surface area contributed by atoms with Crippen molar-refractivity contribution in [3.05, 3.63) is 21.4 Å². The maximum absolute atomic E-state index is 12.1. The molecule has 0 aromatic carbocycles. The Morgan fingerprint density at radius 2 is 2.32 bits per heavy atom. The highest BCUT2D eigenvalue weighted by atomic mass is 32.1. The number of thiophene rings is 1. The predicted octanol–water partition coefficient (Wildman–Crippen LogP) is 2.35. The molecule has 5 heteroatoms. The Hall–Kier alpha value is -1.36. The highest BCUT2D eigenvalue weighted by Gasteiger charge is 2.32. The van der Waals surface area contributed by atoms with Crippen molar-refractivity contribution in [3.8, 4) is 0 Å². The van der Waals surface area contributed by atoms with E-state index in [9.17, 15) is 9.59 Å². The van der Waals surface area contributed by atoms with Gasteiger partial charge in [-0.05, 0) is 30.7 Å². The molecule has 0 saturated carbocycles. The number of esters is 2. The van der Waals surface area contributed by atoms with E-state index in [1.54, 1.807) is 11.3 Å². The fraction of sp³-hybridized carbons (Fsp3) is 0.571. The van der Waals surface area contributed by atoms with Crippen LogP contribution >= 0.6 is 11.3 Å². The number of ether oxygens (including phenoxy) is 2. The molecule has 2 heterocycles. The first-order valence-corrected chi connectivity index (χ1v) is 7.50. The van der Waals surface area contributed by atoms with Gasteiger partial charge in [0.25, 0.3) is 0 Å². The molecule has 102 valence electrons. The fourth-order valence-electron chi connectivity index (χ4n) is 2.63. The molecular formula is C14H16O4S. The normalized spacial score (nSPS) is 25.8. The predicted molar refractivity (Wildman–Crippen MR) is 70.3 cm³/mol. The molecule has 0 spiro atoms. The summed E-state index contributed by atoms with van der Waals surface area (Å²) in [7, 11) is 0. The van der Waals surface area contributed by atoms with Gasteiger partial charge in [-0.1, -0.05) is 6.92 Å². The van der Waals surface area contributed by atoms with Crippen LogP contribution in [0.15, 0.2) is 5.38 Å². The summed E-state index contributed by atoms with van der Waals surface area (Å²) in [6.45, 7) is 2.57. The first kappa shape index (κ1) is 12.7. The second-order valence-electron chi connectivity index (χ2n) is 5.25. The van der Waals surface area contributed by atoms with Crippen LogP contribution in [-0.2, 0) is 27.1 Å². The van der Waals surface area contributed by atoms with Gasteiger partial charge in [-0.25, -0.2) is 9.59 Å². The Morgan fingerprint density at radius 1 is 1.47 bits per heavy atom. The third-order valence-corrected chi connectivity index (χ3v) is 4.81. The summed E-state index contributed by atoms with van der Waals surface area (Å²) in [6, 6.07) is 0. The molecule has 19 heavy (non-hydrogen) atoms. The fourth-order valence-corrected chi connectivity index (χ4v) is 3.86. The molecule has 1 fully saturated rings. The van der Waals surface area contributed by atoms with Crippen LogP contribution in [0.2, 0.25) is 0 Å². The van der Waals surface area contributed by atoms with Gasteiger partial charge in [0.05, 0.1) is 12.2 Å². The molecule has 4 nitrogen and oxygen atoms in total. The lowest BCUT2D eigenvalue weighted by Crippen LogP contribution is -2.23. The first-order chi connectivity index (χ1) is 9.15. The summed E-state index contributed by atoms with van der Waals surface area (Å²) in [5.74, 6) is -0.123. The quantitative estimate of drug-likeness (QED) is 0.780. The van der Waals surface area contributed by atoms with Crippen molar-refractivity contribution in [1.82, 2.24) is 0 Å². The lowest BCUT2D eigenvalue weighted by Gasteiger charge is -2.18. The zero-order valence-electron chi connectivity index (χ0n) is 10.8. The molecule has 3 rings (SSSR count). The Bertz CT molecular complexity index is 520. The monoisotopic (exact) mass is 280 g/mol. The number of fused-ring (bicyclic) bond motifs is 1. The molecule has 1 aromatic rings. The Labute approximate surface area is 115 Å². The molecule has 0 radical (unpaired) electrons. The van der Waals surface area contributed by atoms with Crippen LogP contribution in [0.4, 0.5) is 0 Å². The van der Waals surface area contributed by atoms with Gasteiger partial charge in [0.15, 0.2) is 0 Å². The van der Waals surface area contributed by atoms with Crippen molar-refractivity contribution in [1.29, 1.82) is 0 Å². The van der Waals surface area contributed by atoms with Gasteiger partial charge >= 0.3 is 11.9 Å². The van der Waals surface area contributed by atoms with Crippen LogP contribution in [0, 0.1) is 5.92 Å². The zero-order chi connectivity index (χ0) is 13.4. The summed E-state index contributed by atoms with van der Waals surface area (Å²) < 4.78 is 10.1. The summed E-state index contributed by atoms with van der Waals surface area (Å²) in [5, 5.41) is 1.87. The van der Waals surface area contributed by atoms with Crippen LogP contribution in [0.5, 0.6) is 0 Å². The Morgan fingerprint density at radius 3 is 3.05 bits per heavy atom. The van der Waals surface area contributed by atoms with Crippen molar-refractivity contribution in [2.45, 2.75) is 38.7 Å². The van der Waals surface area contributed by atoms with Crippen molar-refractivity contribution in [2.75, 3.05) is 6.61 Å². The highest BCUT2D eigenvalue weighted by Crippen LogP contribution is 2.33. The number of carbonyl (C=O) groups is 2. The van der Waals surface area contributed by atoms with E-state index in [1.807, 2.05) is 5.38 Å².